The Morgan fingerprint density at radius 2 is 1.86 bits per heavy atom. The third kappa shape index (κ3) is 3.11. The second-order valence-electron chi connectivity index (χ2n) is 3.47. The molecule has 0 saturated heterocycles. The molecule has 0 aliphatic rings. The molecule has 1 aromatic rings. The van der Waals surface area contributed by atoms with Crippen molar-refractivity contribution in [2.75, 3.05) is 5.32 Å². The van der Waals surface area contributed by atoms with E-state index in [1.54, 1.807) is 0 Å². The molecule has 0 unspecified atom stereocenters. The fraction of sp³-hybridized carbons (Fsp3) is 0. The molecule has 0 aliphatic carbocycles. The van der Waals surface area contributed by atoms with E-state index in [9.17, 15) is 14.9 Å². The normalized spacial score (nSPS) is 8.62. The monoisotopic (exact) mass is 283 g/mol. The molecule has 21 heavy (non-hydrogen) atoms. The summed E-state index contributed by atoms with van der Waals surface area (Å²) in [5, 5.41) is 48.4. The van der Waals surface area contributed by atoms with Crippen molar-refractivity contribution in [3.05, 3.63) is 45.1 Å². The van der Waals surface area contributed by atoms with Gasteiger partial charge in [-0.05, 0) is 6.07 Å². The van der Waals surface area contributed by atoms with Crippen LogP contribution in [0, 0.1) is 44.1 Å². The summed E-state index contributed by atoms with van der Waals surface area (Å²) in [5.41, 5.74) is -2.73. The summed E-state index contributed by atoms with van der Waals surface area (Å²) in [6, 6.07) is 7.65. The van der Waals surface area contributed by atoms with Crippen molar-refractivity contribution in [3.8, 4) is 18.2 Å². The number of para-hydroxylation sites is 1. The number of benzene rings is 1. The van der Waals surface area contributed by atoms with Crippen molar-refractivity contribution < 1.29 is 14.8 Å². The van der Waals surface area contributed by atoms with Crippen LogP contribution in [0.4, 0.5) is 11.4 Å². The minimum absolute atomic E-state index is 0.466. The van der Waals surface area contributed by atoms with Gasteiger partial charge in [0.15, 0.2) is 5.57 Å². The number of nitrogens with zero attached hydrogens (tertiary/aromatic N) is 4. The average Bonchev–Trinajstić information content (AvgIpc) is 2.46. The Bertz CT molecular complexity index is 728. The molecule has 0 atom stereocenters. The number of nitro benzene ring substituents is 1. The quantitative estimate of drug-likeness (QED) is 0.477. The van der Waals surface area contributed by atoms with Gasteiger partial charge in [-0.2, -0.15) is 15.8 Å². The van der Waals surface area contributed by atoms with Gasteiger partial charge in [0.2, 0.25) is 0 Å². The second kappa shape index (κ2) is 6.32. The number of rotatable bonds is 4. The van der Waals surface area contributed by atoms with E-state index in [1.165, 1.54) is 18.2 Å². The Kier molecular flexibility index (Phi) is 4.56. The maximum absolute atomic E-state index is 11.1. The molecule has 0 fully saturated rings. The lowest BCUT2D eigenvalue weighted by atomic mass is 10.1. The minimum Gasteiger partial charge on any atom is -0.478 e. The van der Waals surface area contributed by atoms with E-state index in [-0.39, 0.29) is 0 Å². The molecule has 0 aromatic heterocycles. The SMILES string of the molecule is N#CC(C#N)=C(C#N)Nc1c(C(=O)O)cccc1[N+](=O)[O-]. The van der Waals surface area contributed by atoms with Crippen LogP contribution in [0.15, 0.2) is 29.5 Å². The van der Waals surface area contributed by atoms with Gasteiger partial charge in [0.05, 0.1) is 10.5 Å². The number of carboxylic acid groups (broad SMARTS) is 1. The van der Waals surface area contributed by atoms with Crippen LogP contribution in [0.25, 0.3) is 0 Å². The van der Waals surface area contributed by atoms with Crippen molar-refractivity contribution in [3.63, 3.8) is 0 Å². The van der Waals surface area contributed by atoms with Crippen LogP contribution in [0.1, 0.15) is 10.4 Å². The maximum Gasteiger partial charge on any atom is 0.338 e. The highest BCUT2D eigenvalue weighted by atomic mass is 16.6. The van der Waals surface area contributed by atoms with Crippen LogP contribution >= 0.6 is 0 Å². The molecule has 1 aromatic carbocycles. The third-order valence-electron chi connectivity index (χ3n) is 2.30. The maximum atomic E-state index is 11.1. The van der Waals surface area contributed by atoms with Crippen molar-refractivity contribution in [2.24, 2.45) is 0 Å². The molecule has 1 rings (SSSR count). The van der Waals surface area contributed by atoms with E-state index in [4.69, 9.17) is 20.9 Å². The molecular weight excluding hydrogens is 278 g/mol. The number of aromatic carboxylic acids is 1. The van der Waals surface area contributed by atoms with E-state index in [2.05, 4.69) is 5.32 Å². The number of allylic oxidation sites excluding steroid dienone is 2. The fourth-order valence-corrected chi connectivity index (χ4v) is 1.41. The van der Waals surface area contributed by atoms with E-state index in [1.807, 2.05) is 0 Å². The summed E-state index contributed by atoms with van der Waals surface area (Å²) in [6.07, 6.45) is 0. The first kappa shape index (κ1) is 15.2. The zero-order chi connectivity index (χ0) is 16.0. The zero-order valence-electron chi connectivity index (χ0n) is 10.2. The van der Waals surface area contributed by atoms with E-state index in [0.717, 1.165) is 18.2 Å². The van der Waals surface area contributed by atoms with Crippen molar-refractivity contribution in [1.29, 1.82) is 15.8 Å². The Balaban J connectivity index is 3.57. The van der Waals surface area contributed by atoms with E-state index in [0.29, 0.717) is 0 Å². The molecule has 0 bridgehead atoms. The number of hydrogen-bond donors (Lipinski definition) is 2. The van der Waals surface area contributed by atoms with Gasteiger partial charge < -0.3 is 10.4 Å². The first-order chi connectivity index (χ1) is 9.96. The molecule has 0 aliphatic heterocycles. The Hall–Kier alpha value is -3.90. The van der Waals surface area contributed by atoms with Gasteiger partial charge in [-0.1, -0.05) is 6.07 Å². The molecule has 0 heterocycles. The number of nitro groups is 1. The number of anilines is 1. The van der Waals surface area contributed by atoms with Crippen molar-refractivity contribution >= 4 is 17.3 Å². The number of carboxylic acids is 1. The highest BCUT2D eigenvalue weighted by Crippen LogP contribution is 2.29. The summed E-state index contributed by atoms with van der Waals surface area (Å²) >= 11 is 0. The Labute approximate surface area is 117 Å². The van der Waals surface area contributed by atoms with Gasteiger partial charge in [-0.3, -0.25) is 10.1 Å². The number of carbonyl (C=O) groups is 1. The lowest BCUT2D eigenvalue weighted by molar-refractivity contribution is -0.384. The highest BCUT2D eigenvalue weighted by Gasteiger charge is 2.23. The molecule has 0 saturated carbocycles. The first-order valence-corrected chi connectivity index (χ1v) is 5.18. The minimum atomic E-state index is -1.46. The van der Waals surface area contributed by atoms with Crippen LogP contribution in [0.2, 0.25) is 0 Å². The van der Waals surface area contributed by atoms with Gasteiger partial charge in [0.25, 0.3) is 5.69 Å². The standard InChI is InChI=1S/C12H5N5O4/c13-4-7(5-14)9(6-15)16-11-8(12(18)19)2-1-3-10(11)17(20)21/h1-3,16H,(H,18,19). The average molecular weight is 283 g/mol. The number of hydrogen-bond acceptors (Lipinski definition) is 7. The smallest absolute Gasteiger partial charge is 0.338 e. The van der Waals surface area contributed by atoms with Gasteiger partial charge in [0.1, 0.15) is 29.6 Å². The van der Waals surface area contributed by atoms with Crippen LogP contribution in [0.5, 0.6) is 0 Å². The number of nitriles is 3. The zero-order valence-corrected chi connectivity index (χ0v) is 10.2. The highest BCUT2D eigenvalue weighted by molar-refractivity contribution is 5.97. The predicted octanol–water partition coefficient (Wildman–Crippen LogP) is 1.53. The summed E-state index contributed by atoms with van der Waals surface area (Å²) in [7, 11) is 0. The molecule has 9 heteroatoms. The molecule has 0 amide bonds. The van der Waals surface area contributed by atoms with Gasteiger partial charge in [-0.15, -0.1) is 0 Å². The molecule has 2 N–H and O–H groups in total. The van der Waals surface area contributed by atoms with Crippen LogP contribution in [-0.4, -0.2) is 16.0 Å². The lowest BCUT2D eigenvalue weighted by Gasteiger charge is -2.08. The van der Waals surface area contributed by atoms with E-state index < -0.39 is 39.1 Å². The predicted molar refractivity (Wildman–Crippen MR) is 67.5 cm³/mol. The second-order valence-corrected chi connectivity index (χ2v) is 3.47. The molecule has 102 valence electrons. The topological polar surface area (TPSA) is 164 Å². The Morgan fingerprint density at radius 1 is 1.24 bits per heavy atom. The Morgan fingerprint density at radius 3 is 2.29 bits per heavy atom. The molecule has 9 nitrogen and oxygen atoms in total. The van der Waals surface area contributed by atoms with Gasteiger partial charge in [0, 0.05) is 6.07 Å². The van der Waals surface area contributed by atoms with Gasteiger partial charge in [-0.25, -0.2) is 4.79 Å². The van der Waals surface area contributed by atoms with Crippen LogP contribution in [0.3, 0.4) is 0 Å². The molecular formula is C12H5N5O4. The first-order valence-electron chi connectivity index (χ1n) is 5.18. The van der Waals surface area contributed by atoms with E-state index >= 15 is 0 Å². The van der Waals surface area contributed by atoms with Crippen molar-refractivity contribution in [1.82, 2.24) is 0 Å². The third-order valence-corrected chi connectivity index (χ3v) is 2.30. The summed E-state index contributed by atoms with van der Waals surface area (Å²) in [5.74, 6) is -1.46. The molecule has 0 radical (unpaired) electrons. The van der Waals surface area contributed by atoms with Crippen LogP contribution in [-0.2, 0) is 0 Å². The summed E-state index contributed by atoms with van der Waals surface area (Å²) < 4.78 is 0. The van der Waals surface area contributed by atoms with Crippen LogP contribution < -0.4 is 5.32 Å². The molecule has 0 spiro atoms. The summed E-state index contributed by atoms with van der Waals surface area (Å²) in [6.45, 7) is 0. The number of nitrogens with one attached hydrogen (secondary N) is 1. The fourth-order valence-electron chi connectivity index (χ4n) is 1.41. The largest absolute Gasteiger partial charge is 0.478 e. The summed E-state index contributed by atoms with van der Waals surface area (Å²) in [4.78, 5) is 21.2. The van der Waals surface area contributed by atoms with Crippen molar-refractivity contribution in [2.45, 2.75) is 0 Å². The lowest BCUT2D eigenvalue weighted by Crippen LogP contribution is -2.09. The van der Waals surface area contributed by atoms with Gasteiger partial charge >= 0.3 is 5.97 Å².